The highest BCUT2D eigenvalue weighted by molar-refractivity contribution is 5.89. The smallest absolute Gasteiger partial charge is 0.409 e. The Kier molecular flexibility index (Phi) is 5.85. The molecule has 0 aliphatic carbocycles. The van der Waals surface area contributed by atoms with Crippen molar-refractivity contribution in [3.63, 3.8) is 0 Å². The van der Waals surface area contributed by atoms with Crippen molar-refractivity contribution in [2.45, 2.75) is 39.7 Å². The number of nitrogens with zero attached hydrogens (tertiary/aromatic N) is 3. The molecule has 7 heteroatoms. The molecule has 2 atom stereocenters. The molecule has 2 heterocycles. The van der Waals surface area contributed by atoms with Crippen LogP contribution in [0.4, 0.5) is 4.79 Å². The summed E-state index contributed by atoms with van der Waals surface area (Å²) in [5, 5.41) is 0. The minimum Gasteiger partial charge on any atom is -0.450 e. The molecule has 2 unspecified atom stereocenters. The molecule has 3 amide bonds. The molecule has 2 saturated heterocycles. The first kappa shape index (κ1) is 17.6. The minimum absolute atomic E-state index is 0.0349. The lowest BCUT2D eigenvalue weighted by molar-refractivity contribution is -0.137. The standard InChI is InChI=1S/C16H27N3O4/c1-4-12(3)19-11-13(10-14(19)20)15(21)17-6-8-18(9-7-17)16(22)23-5-2/h12-13H,4-11H2,1-3H3. The predicted octanol–water partition coefficient (Wildman–Crippen LogP) is 0.934. The lowest BCUT2D eigenvalue weighted by Crippen LogP contribution is -2.52. The van der Waals surface area contributed by atoms with E-state index in [1.165, 1.54) is 0 Å². The van der Waals surface area contributed by atoms with Crippen LogP contribution in [-0.2, 0) is 14.3 Å². The highest BCUT2D eigenvalue weighted by Gasteiger charge is 2.38. The van der Waals surface area contributed by atoms with Gasteiger partial charge in [-0.3, -0.25) is 9.59 Å². The predicted molar refractivity (Wildman–Crippen MR) is 84.7 cm³/mol. The van der Waals surface area contributed by atoms with E-state index in [0.29, 0.717) is 45.8 Å². The molecule has 0 N–H and O–H groups in total. The average molecular weight is 325 g/mol. The van der Waals surface area contributed by atoms with Gasteiger partial charge in [0.05, 0.1) is 12.5 Å². The quantitative estimate of drug-likeness (QED) is 0.771. The molecule has 0 radical (unpaired) electrons. The molecule has 0 aromatic carbocycles. The molecule has 0 aromatic rings. The first-order valence-corrected chi connectivity index (χ1v) is 8.47. The summed E-state index contributed by atoms with van der Waals surface area (Å²) in [6, 6.07) is 0.181. The largest absolute Gasteiger partial charge is 0.450 e. The Bertz CT molecular complexity index is 460. The van der Waals surface area contributed by atoms with Crippen molar-refractivity contribution in [2.24, 2.45) is 5.92 Å². The summed E-state index contributed by atoms with van der Waals surface area (Å²) in [5.74, 6) is -0.138. The summed E-state index contributed by atoms with van der Waals surface area (Å²) in [6.45, 7) is 8.69. The lowest BCUT2D eigenvalue weighted by atomic mass is 10.1. The normalized spacial score (nSPS) is 23.2. The van der Waals surface area contributed by atoms with Crippen LogP contribution in [-0.4, -0.2) is 78.0 Å². The van der Waals surface area contributed by atoms with Crippen LogP contribution in [0.15, 0.2) is 0 Å². The van der Waals surface area contributed by atoms with Gasteiger partial charge < -0.3 is 19.4 Å². The van der Waals surface area contributed by atoms with Crippen LogP contribution >= 0.6 is 0 Å². The number of ether oxygens (including phenoxy) is 1. The monoisotopic (exact) mass is 325 g/mol. The summed E-state index contributed by atoms with van der Waals surface area (Å²) in [7, 11) is 0. The van der Waals surface area contributed by atoms with E-state index < -0.39 is 0 Å². The third-order valence-electron chi connectivity index (χ3n) is 4.75. The molecule has 0 saturated carbocycles. The highest BCUT2D eigenvalue weighted by Crippen LogP contribution is 2.23. The number of carbonyl (C=O) groups is 3. The van der Waals surface area contributed by atoms with Crippen LogP contribution in [0.3, 0.4) is 0 Å². The van der Waals surface area contributed by atoms with E-state index in [9.17, 15) is 14.4 Å². The molecule has 0 aromatic heterocycles. The SMILES string of the molecule is CCOC(=O)N1CCN(C(=O)C2CC(=O)N(C(C)CC)C2)CC1. The fourth-order valence-corrected chi connectivity index (χ4v) is 3.13. The Morgan fingerprint density at radius 1 is 1.17 bits per heavy atom. The van der Waals surface area contributed by atoms with Gasteiger partial charge in [0.2, 0.25) is 11.8 Å². The van der Waals surface area contributed by atoms with Crippen molar-refractivity contribution in [3.8, 4) is 0 Å². The number of hydrogen-bond acceptors (Lipinski definition) is 4. The van der Waals surface area contributed by atoms with Crippen molar-refractivity contribution in [1.29, 1.82) is 0 Å². The molecule has 7 nitrogen and oxygen atoms in total. The summed E-state index contributed by atoms with van der Waals surface area (Å²) >= 11 is 0. The van der Waals surface area contributed by atoms with E-state index in [1.54, 1.807) is 16.7 Å². The topological polar surface area (TPSA) is 70.2 Å². The van der Waals surface area contributed by atoms with E-state index in [2.05, 4.69) is 0 Å². The van der Waals surface area contributed by atoms with Crippen LogP contribution < -0.4 is 0 Å². The van der Waals surface area contributed by atoms with Crippen LogP contribution in [0.2, 0.25) is 0 Å². The maximum absolute atomic E-state index is 12.6. The van der Waals surface area contributed by atoms with E-state index in [1.807, 2.05) is 18.7 Å². The first-order valence-electron chi connectivity index (χ1n) is 8.47. The third-order valence-corrected chi connectivity index (χ3v) is 4.75. The Balaban J connectivity index is 1.86. The van der Waals surface area contributed by atoms with Crippen LogP contribution in [0.25, 0.3) is 0 Å². The van der Waals surface area contributed by atoms with Crippen molar-refractivity contribution >= 4 is 17.9 Å². The number of rotatable bonds is 4. The van der Waals surface area contributed by atoms with Gasteiger partial charge in [0.1, 0.15) is 0 Å². The van der Waals surface area contributed by atoms with Gasteiger partial charge in [-0.15, -0.1) is 0 Å². The molecule has 130 valence electrons. The second-order valence-electron chi connectivity index (χ2n) is 6.22. The Labute approximate surface area is 137 Å². The van der Waals surface area contributed by atoms with Gasteiger partial charge in [-0.1, -0.05) is 6.92 Å². The maximum Gasteiger partial charge on any atom is 0.409 e. The molecule has 2 aliphatic heterocycles. The van der Waals surface area contributed by atoms with Crippen molar-refractivity contribution in [2.75, 3.05) is 39.3 Å². The Hall–Kier alpha value is -1.79. The van der Waals surface area contributed by atoms with Gasteiger partial charge in [0, 0.05) is 45.2 Å². The number of likely N-dealkylation sites (tertiary alicyclic amines) is 1. The van der Waals surface area contributed by atoms with Gasteiger partial charge in [-0.2, -0.15) is 0 Å². The Morgan fingerprint density at radius 2 is 1.78 bits per heavy atom. The number of piperazine rings is 1. The maximum atomic E-state index is 12.6. The molecule has 0 bridgehead atoms. The molecule has 23 heavy (non-hydrogen) atoms. The van der Waals surface area contributed by atoms with Crippen molar-refractivity contribution in [3.05, 3.63) is 0 Å². The van der Waals surface area contributed by atoms with E-state index in [-0.39, 0.29) is 29.9 Å². The van der Waals surface area contributed by atoms with Crippen LogP contribution in [0.1, 0.15) is 33.6 Å². The molecular formula is C16H27N3O4. The van der Waals surface area contributed by atoms with E-state index in [0.717, 1.165) is 6.42 Å². The summed E-state index contributed by atoms with van der Waals surface area (Å²) in [6.07, 6.45) is 0.880. The zero-order valence-corrected chi connectivity index (χ0v) is 14.3. The second kappa shape index (κ2) is 7.66. The van der Waals surface area contributed by atoms with Crippen LogP contribution in [0, 0.1) is 5.92 Å². The summed E-state index contributed by atoms with van der Waals surface area (Å²) in [4.78, 5) is 41.6. The van der Waals surface area contributed by atoms with Gasteiger partial charge in [0.15, 0.2) is 0 Å². The average Bonchev–Trinajstić information content (AvgIpc) is 2.95. The summed E-state index contributed by atoms with van der Waals surface area (Å²) < 4.78 is 4.98. The van der Waals surface area contributed by atoms with Gasteiger partial charge in [0.25, 0.3) is 0 Å². The molecule has 2 fully saturated rings. The number of carbonyl (C=O) groups excluding carboxylic acids is 3. The fraction of sp³-hybridized carbons (Fsp3) is 0.812. The number of hydrogen-bond donors (Lipinski definition) is 0. The van der Waals surface area contributed by atoms with E-state index in [4.69, 9.17) is 4.74 Å². The van der Waals surface area contributed by atoms with Crippen LogP contribution in [0.5, 0.6) is 0 Å². The molecule has 2 rings (SSSR count). The summed E-state index contributed by atoms with van der Waals surface area (Å²) in [5.41, 5.74) is 0. The lowest BCUT2D eigenvalue weighted by Gasteiger charge is -2.35. The number of amides is 3. The van der Waals surface area contributed by atoms with Gasteiger partial charge in [-0.25, -0.2) is 4.79 Å². The zero-order chi connectivity index (χ0) is 17.0. The van der Waals surface area contributed by atoms with E-state index >= 15 is 0 Å². The molecule has 0 spiro atoms. The first-order chi connectivity index (χ1) is 11.0. The Morgan fingerprint density at radius 3 is 2.35 bits per heavy atom. The molecule has 2 aliphatic rings. The fourth-order valence-electron chi connectivity index (χ4n) is 3.13. The zero-order valence-electron chi connectivity index (χ0n) is 14.3. The van der Waals surface area contributed by atoms with Gasteiger partial charge >= 0.3 is 6.09 Å². The van der Waals surface area contributed by atoms with Crippen molar-refractivity contribution < 1.29 is 19.1 Å². The third kappa shape index (κ3) is 3.95. The highest BCUT2D eigenvalue weighted by atomic mass is 16.6. The molecular weight excluding hydrogens is 298 g/mol. The second-order valence-corrected chi connectivity index (χ2v) is 6.22. The van der Waals surface area contributed by atoms with Crippen molar-refractivity contribution in [1.82, 2.24) is 14.7 Å². The van der Waals surface area contributed by atoms with Gasteiger partial charge in [-0.05, 0) is 20.3 Å². The minimum atomic E-state index is -0.321.